The number of rotatable bonds is 4. The number of amides is 1. The van der Waals surface area contributed by atoms with E-state index < -0.39 is 53.6 Å². The Morgan fingerprint density at radius 1 is 1.27 bits per heavy atom. The molecule has 1 amide bonds. The number of methoxy groups -OCH3 is 1. The van der Waals surface area contributed by atoms with Crippen LogP contribution in [0.25, 0.3) is 11.0 Å². The highest BCUT2D eigenvalue weighted by molar-refractivity contribution is 6.02. The molecule has 1 aliphatic carbocycles. The van der Waals surface area contributed by atoms with Crippen molar-refractivity contribution in [1.29, 1.82) is 0 Å². The van der Waals surface area contributed by atoms with E-state index in [1.807, 2.05) is 0 Å². The van der Waals surface area contributed by atoms with E-state index in [4.69, 9.17) is 10.5 Å². The van der Waals surface area contributed by atoms with Gasteiger partial charge in [0, 0.05) is 11.8 Å². The van der Waals surface area contributed by atoms with Crippen molar-refractivity contribution >= 4 is 16.9 Å². The average Bonchev–Trinajstić information content (AvgIpc) is 3.06. The largest absolute Gasteiger partial charge is 0.493 e. The SMILES string of the molecule is COc1c(C2(c3nc4c(C(N)=O)nccc4[nH]3)CC(C(F)(F)F)C2)ccc(F)c1F. The normalized spacial score (nSPS) is 21.5. The van der Waals surface area contributed by atoms with Crippen LogP contribution in [0.4, 0.5) is 22.0 Å². The van der Waals surface area contributed by atoms with E-state index >= 15 is 0 Å². The van der Waals surface area contributed by atoms with Crippen molar-refractivity contribution in [3.63, 3.8) is 0 Å². The predicted octanol–water partition coefficient (Wildman–Crippen LogP) is 3.60. The number of nitrogens with one attached hydrogen (secondary N) is 1. The van der Waals surface area contributed by atoms with E-state index in [1.54, 1.807) is 0 Å². The molecule has 2 heterocycles. The molecule has 158 valence electrons. The Labute approximate surface area is 166 Å². The van der Waals surface area contributed by atoms with Gasteiger partial charge in [-0.3, -0.25) is 4.79 Å². The molecule has 1 aliphatic rings. The van der Waals surface area contributed by atoms with Gasteiger partial charge in [-0.05, 0) is 25.0 Å². The van der Waals surface area contributed by atoms with Crippen LogP contribution in [0.15, 0.2) is 24.4 Å². The standard InChI is InChI=1S/C19H15F5N4O2/c1-30-15-9(2-3-10(20)12(15)21)18(6-8(7-18)19(22,23)24)17-27-11-4-5-26-14(16(25)29)13(11)28-17/h2-5,8H,6-7H2,1H3,(H2,25,29)(H,27,28). The number of fused-ring (bicyclic) bond motifs is 1. The van der Waals surface area contributed by atoms with E-state index in [0.29, 0.717) is 5.52 Å². The number of hydrogen-bond donors (Lipinski definition) is 2. The van der Waals surface area contributed by atoms with Crippen LogP contribution < -0.4 is 10.5 Å². The maximum atomic E-state index is 14.4. The molecular formula is C19H15F5N4O2. The first kappa shape index (κ1) is 20.0. The maximum absolute atomic E-state index is 14.4. The van der Waals surface area contributed by atoms with Crippen LogP contribution in [0.3, 0.4) is 0 Å². The van der Waals surface area contributed by atoms with Gasteiger partial charge in [0.1, 0.15) is 11.3 Å². The van der Waals surface area contributed by atoms with Crippen molar-refractivity contribution in [3.05, 3.63) is 53.1 Å². The zero-order chi connectivity index (χ0) is 21.8. The minimum atomic E-state index is -4.47. The summed E-state index contributed by atoms with van der Waals surface area (Å²) in [5.41, 5.74) is 4.14. The zero-order valence-electron chi connectivity index (χ0n) is 15.5. The highest BCUT2D eigenvalue weighted by atomic mass is 19.4. The molecule has 4 rings (SSSR count). The molecule has 0 radical (unpaired) electrons. The summed E-state index contributed by atoms with van der Waals surface area (Å²) in [5, 5.41) is 0. The number of aromatic amines is 1. The van der Waals surface area contributed by atoms with E-state index in [0.717, 1.165) is 13.2 Å². The Balaban J connectivity index is 1.94. The number of H-pyrrole nitrogens is 1. The number of imidazole rings is 1. The molecule has 11 heteroatoms. The Morgan fingerprint density at radius 3 is 2.57 bits per heavy atom. The molecule has 0 spiro atoms. The number of benzene rings is 1. The lowest BCUT2D eigenvalue weighted by Gasteiger charge is -2.47. The van der Waals surface area contributed by atoms with Gasteiger partial charge in [-0.1, -0.05) is 6.07 Å². The first-order valence-corrected chi connectivity index (χ1v) is 8.82. The molecule has 30 heavy (non-hydrogen) atoms. The third-order valence-electron chi connectivity index (χ3n) is 5.51. The summed E-state index contributed by atoms with van der Waals surface area (Å²) in [6.45, 7) is 0. The lowest BCUT2D eigenvalue weighted by atomic mass is 9.57. The van der Waals surface area contributed by atoms with Crippen molar-refractivity contribution in [1.82, 2.24) is 15.0 Å². The fourth-order valence-corrected chi connectivity index (χ4v) is 4.00. The molecule has 6 nitrogen and oxygen atoms in total. The van der Waals surface area contributed by atoms with Gasteiger partial charge in [0.2, 0.25) is 5.82 Å². The van der Waals surface area contributed by atoms with Crippen molar-refractivity contribution in [2.45, 2.75) is 24.4 Å². The summed E-state index contributed by atoms with van der Waals surface area (Å²) >= 11 is 0. The quantitative estimate of drug-likeness (QED) is 0.624. The fourth-order valence-electron chi connectivity index (χ4n) is 4.00. The predicted molar refractivity (Wildman–Crippen MR) is 94.9 cm³/mol. The van der Waals surface area contributed by atoms with Crippen LogP contribution in [0.1, 0.15) is 34.7 Å². The number of halogens is 5. The van der Waals surface area contributed by atoms with Gasteiger partial charge >= 0.3 is 6.18 Å². The minimum Gasteiger partial charge on any atom is -0.493 e. The van der Waals surface area contributed by atoms with Crippen molar-refractivity contribution < 1.29 is 31.5 Å². The molecule has 1 aromatic carbocycles. The third kappa shape index (κ3) is 2.87. The maximum Gasteiger partial charge on any atom is 0.391 e. The second-order valence-corrected chi connectivity index (χ2v) is 7.18. The summed E-state index contributed by atoms with van der Waals surface area (Å²) in [5.74, 6) is -5.47. The number of nitrogens with two attached hydrogens (primary N) is 1. The molecule has 1 saturated carbocycles. The third-order valence-corrected chi connectivity index (χ3v) is 5.51. The zero-order valence-corrected chi connectivity index (χ0v) is 15.5. The van der Waals surface area contributed by atoms with Crippen molar-refractivity contribution in [2.24, 2.45) is 11.7 Å². The second kappa shape index (κ2) is 6.64. The summed E-state index contributed by atoms with van der Waals surface area (Å²) in [7, 11) is 1.10. The van der Waals surface area contributed by atoms with Crippen LogP contribution in [-0.2, 0) is 5.41 Å². The number of nitrogens with zero attached hydrogens (tertiary/aromatic N) is 2. The van der Waals surface area contributed by atoms with E-state index in [2.05, 4.69) is 15.0 Å². The summed E-state index contributed by atoms with van der Waals surface area (Å²) < 4.78 is 73.0. The molecule has 3 aromatic rings. The van der Waals surface area contributed by atoms with Gasteiger partial charge in [0.05, 0.1) is 24.0 Å². The van der Waals surface area contributed by atoms with Gasteiger partial charge in [-0.25, -0.2) is 14.4 Å². The monoisotopic (exact) mass is 426 g/mol. The summed E-state index contributed by atoms with van der Waals surface area (Å²) in [6, 6.07) is 3.49. The number of hydrogen-bond acceptors (Lipinski definition) is 4. The summed E-state index contributed by atoms with van der Waals surface area (Å²) in [6.07, 6.45) is -4.09. The smallest absolute Gasteiger partial charge is 0.391 e. The number of ether oxygens (including phenoxy) is 1. The Hall–Kier alpha value is -3.24. The van der Waals surface area contributed by atoms with E-state index in [9.17, 15) is 26.7 Å². The molecule has 0 unspecified atom stereocenters. The number of pyridine rings is 1. The van der Waals surface area contributed by atoms with Gasteiger partial charge in [0.25, 0.3) is 5.91 Å². The van der Waals surface area contributed by atoms with Crippen LogP contribution in [0.2, 0.25) is 0 Å². The van der Waals surface area contributed by atoms with Crippen molar-refractivity contribution in [3.8, 4) is 5.75 Å². The first-order valence-electron chi connectivity index (χ1n) is 8.82. The minimum absolute atomic E-state index is 0.0250. The lowest BCUT2D eigenvalue weighted by Crippen LogP contribution is -2.49. The van der Waals surface area contributed by atoms with Crippen LogP contribution in [0.5, 0.6) is 5.75 Å². The van der Waals surface area contributed by atoms with Crippen LogP contribution in [-0.4, -0.2) is 34.1 Å². The molecule has 0 saturated heterocycles. The van der Waals surface area contributed by atoms with E-state index in [1.165, 1.54) is 18.3 Å². The molecule has 3 N–H and O–H groups in total. The Morgan fingerprint density at radius 2 is 1.97 bits per heavy atom. The topological polar surface area (TPSA) is 93.9 Å². The average molecular weight is 426 g/mol. The molecule has 0 bridgehead atoms. The molecule has 0 atom stereocenters. The molecular weight excluding hydrogens is 411 g/mol. The highest BCUT2D eigenvalue weighted by Crippen LogP contribution is 2.58. The highest BCUT2D eigenvalue weighted by Gasteiger charge is 2.59. The Bertz CT molecular complexity index is 1150. The van der Waals surface area contributed by atoms with Gasteiger partial charge in [-0.2, -0.15) is 17.6 Å². The van der Waals surface area contributed by atoms with Gasteiger partial charge < -0.3 is 15.5 Å². The van der Waals surface area contributed by atoms with Crippen LogP contribution >= 0.6 is 0 Å². The number of primary amides is 1. The lowest BCUT2D eigenvalue weighted by molar-refractivity contribution is -0.206. The van der Waals surface area contributed by atoms with Gasteiger partial charge in [-0.15, -0.1) is 0 Å². The van der Waals surface area contributed by atoms with Crippen LogP contribution in [0, 0.1) is 17.6 Å². The number of carbonyl (C=O) groups excluding carboxylic acids is 1. The van der Waals surface area contributed by atoms with Crippen molar-refractivity contribution in [2.75, 3.05) is 7.11 Å². The second-order valence-electron chi connectivity index (χ2n) is 7.18. The number of alkyl halides is 3. The van der Waals surface area contributed by atoms with Gasteiger partial charge in [0.15, 0.2) is 17.3 Å². The molecule has 0 aliphatic heterocycles. The Kier molecular flexibility index (Phi) is 4.44. The fraction of sp³-hybridized carbons (Fsp3) is 0.316. The molecule has 2 aromatic heterocycles. The first-order chi connectivity index (χ1) is 14.1. The summed E-state index contributed by atoms with van der Waals surface area (Å²) in [4.78, 5) is 22.7. The van der Waals surface area contributed by atoms with E-state index in [-0.39, 0.29) is 22.6 Å². The number of carbonyl (C=O) groups is 1. The molecule has 1 fully saturated rings. The number of aromatic nitrogens is 3.